The molecule has 0 radical (unpaired) electrons. The van der Waals surface area contributed by atoms with Gasteiger partial charge in [-0.25, -0.2) is 15.4 Å². The standard InChI is InChI=1S/C37H42N4O6S/c42-24-26-11-13-29(14-12-26)33-22-32(25-48-37-38-19-6-20-39-37)46-36(47-33)30-17-15-28(16-18-30)31-8-5-7-27(21-31)23-40-34(43)9-3-1-2-4-10-35(44)41-45/h5-8,11-21,32-33,36,42,45H,1-4,9-10,22-25H2,(H,40,43)(H,41,44)/t32-,33+,36+/m0/s1. The molecule has 2 amide bonds. The summed E-state index contributed by atoms with van der Waals surface area (Å²) in [6.07, 6.45) is 7.19. The van der Waals surface area contributed by atoms with Crippen LogP contribution in [0.25, 0.3) is 11.1 Å². The number of amides is 2. The molecule has 1 saturated heterocycles. The maximum atomic E-state index is 12.4. The van der Waals surface area contributed by atoms with Crippen molar-refractivity contribution in [3.05, 3.63) is 114 Å². The Morgan fingerprint density at radius 2 is 1.50 bits per heavy atom. The number of carbonyl (C=O) groups excluding carboxylic acids is 2. The van der Waals surface area contributed by atoms with Crippen LogP contribution in [0.3, 0.4) is 0 Å². The molecule has 1 aliphatic heterocycles. The lowest BCUT2D eigenvalue weighted by atomic mass is 9.99. The molecular formula is C37H42N4O6S. The molecule has 0 spiro atoms. The molecule has 2 heterocycles. The van der Waals surface area contributed by atoms with Crippen LogP contribution in [0.4, 0.5) is 0 Å². The van der Waals surface area contributed by atoms with Gasteiger partial charge in [0.05, 0.1) is 18.8 Å². The molecule has 0 bridgehead atoms. The summed E-state index contributed by atoms with van der Waals surface area (Å²) >= 11 is 1.56. The van der Waals surface area contributed by atoms with Crippen molar-refractivity contribution in [1.29, 1.82) is 0 Å². The van der Waals surface area contributed by atoms with Crippen LogP contribution in [0.1, 0.15) is 79.6 Å². The molecule has 10 nitrogen and oxygen atoms in total. The zero-order chi connectivity index (χ0) is 33.6. The number of nitrogens with zero attached hydrogens (tertiary/aromatic N) is 2. The number of benzene rings is 3. The van der Waals surface area contributed by atoms with Gasteiger partial charge in [0.25, 0.3) is 0 Å². The summed E-state index contributed by atoms with van der Waals surface area (Å²) in [6, 6.07) is 26.0. The third kappa shape index (κ3) is 10.7. The number of thioether (sulfide) groups is 1. The summed E-state index contributed by atoms with van der Waals surface area (Å²) < 4.78 is 13.0. The van der Waals surface area contributed by atoms with Crippen LogP contribution < -0.4 is 10.8 Å². The highest BCUT2D eigenvalue weighted by atomic mass is 32.2. The number of rotatable bonds is 16. The Hall–Kier alpha value is -4.13. The second-order valence-electron chi connectivity index (χ2n) is 11.7. The minimum Gasteiger partial charge on any atom is -0.392 e. The first-order valence-electron chi connectivity index (χ1n) is 16.3. The fraction of sp³-hybridized carbons (Fsp3) is 0.351. The van der Waals surface area contributed by atoms with Crippen molar-refractivity contribution in [2.75, 3.05) is 5.75 Å². The minimum absolute atomic E-state index is 0.000909. The summed E-state index contributed by atoms with van der Waals surface area (Å²) in [6.45, 7) is 0.439. The van der Waals surface area contributed by atoms with Gasteiger partial charge < -0.3 is 19.9 Å². The Kier molecular flexibility index (Phi) is 13.5. The topological polar surface area (TPSA) is 143 Å². The summed E-state index contributed by atoms with van der Waals surface area (Å²) in [7, 11) is 0. The monoisotopic (exact) mass is 670 g/mol. The number of nitrogens with one attached hydrogen (secondary N) is 2. The summed E-state index contributed by atoms with van der Waals surface area (Å²) in [5, 5.41) is 21.7. The molecule has 252 valence electrons. The predicted octanol–water partition coefficient (Wildman–Crippen LogP) is 6.44. The molecule has 4 N–H and O–H groups in total. The van der Waals surface area contributed by atoms with Crippen molar-refractivity contribution in [2.24, 2.45) is 0 Å². The van der Waals surface area contributed by atoms with E-state index >= 15 is 0 Å². The van der Waals surface area contributed by atoms with E-state index in [1.807, 2.05) is 48.5 Å². The number of hydrogen-bond donors (Lipinski definition) is 4. The van der Waals surface area contributed by atoms with E-state index in [2.05, 4.69) is 39.6 Å². The van der Waals surface area contributed by atoms with Crippen molar-refractivity contribution in [2.45, 2.75) is 81.8 Å². The number of aliphatic hydroxyl groups is 1. The summed E-state index contributed by atoms with van der Waals surface area (Å²) in [5.74, 6) is 0.302. The van der Waals surface area contributed by atoms with Crippen LogP contribution in [0, 0.1) is 0 Å². The molecule has 0 saturated carbocycles. The molecule has 1 aromatic heterocycles. The molecule has 11 heteroatoms. The van der Waals surface area contributed by atoms with Gasteiger partial charge in [0.15, 0.2) is 11.4 Å². The van der Waals surface area contributed by atoms with E-state index in [1.54, 1.807) is 35.7 Å². The largest absolute Gasteiger partial charge is 0.392 e. The van der Waals surface area contributed by atoms with Gasteiger partial charge in [0.1, 0.15) is 0 Å². The van der Waals surface area contributed by atoms with Crippen LogP contribution in [0.2, 0.25) is 0 Å². The van der Waals surface area contributed by atoms with Gasteiger partial charge >= 0.3 is 0 Å². The zero-order valence-electron chi connectivity index (χ0n) is 26.8. The van der Waals surface area contributed by atoms with E-state index < -0.39 is 6.29 Å². The summed E-state index contributed by atoms with van der Waals surface area (Å²) in [4.78, 5) is 32.1. The molecule has 1 fully saturated rings. The number of hydroxylamine groups is 1. The summed E-state index contributed by atoms with van der Waals surface area (Å²) in [5.41, 5.74) is 7.55. The Labute approximate surface area is 285 Å². The zero-order valence-corrected chi connectivity index (χ0v) is 27.6. The second kappa shape index (κ2) is 18.4. The van der Waals surface area contributed by atoms with Crippen LogP contribution in [-0.4, -0.2) is 44.0 Å². The lowest BCUT2D eigenvalue weighted by Gasteiger charge is -2.36. The Morgan fingerprint density at radius 3 is 2.21 bits per heavy atom. The molecule has 3 atom stereocenters. The molecular weight excluding hydrogens is 628 g/mol. The van der Waals surface area contributed by atoms with E-state index in [1.165, 1.54) is 0 Å². The van der Waals surface area contributed by atoms with Crippen molar-refractivity contribution < 1.29 is 29.4 Å². The molecule has 4 aromatic rings. The maximum Gasteiger partial charge on any atom is 0.243 e. The van der Waals surface area contributed by atoms with Crippen LogP contribution in [-0.2, 0) is 32.2 Å². The number of unbranched alkanes of at least 4 members (excludes halogenated alkanes) is 3. The first-order chi connectivity index (χ1) is 23.5. The number of aromatic nitrogens is 2. The van der Waals surface area contributed by atoms with Crippen molar-refractivity contribution in [3.8, 4) is 11.1 Å². The van der Waals surface area contributed by atoms with Crippen molar-refractivity contribution >= 4 is 23.6 Å². The van der Waals surface area contributed by atoms with Gasteiger partial charge in [-0.2, -0.15) is 0 Å². The fourth-order valence-electron chi connectivity index (χ4n) is 5.51. The van der Waals surface area contributed by atoms with E-state index in [0.717, 1.165) is 52.6 Å². The highest BCUT2D eigenvalue weighted by Gasteiger charge is 2.32. The number of aliphatic hydroxyl groups excluding tert-OH is 1. The third-order valence-electron chi connectivity index (χ3n) is 8.17. The van der Waals surface area contributed by atoms with E-state index in [4.69, 9.17) is 14.7 Å². The SMILES string of the molecule is O=C(CCCCCCC(=O)NCc1cccc(-c2ccc([C@@H]3O[C@H](CSc4ncccn4)C[C@H](c4ccc(CO)cc4)O3)cc2)c1)NO. The maximum absolute atomic E-state index is 12.4. The highest BCUT2D eigenvalue weighted by molar-refractivity contribution is 7.99. The van der Waals surface area contributed by atoms with Crippen LogP contribution in [0.15, 0.2) is 96.4 Å². The Bertz CT molecular complexity index is 1590. The third-order valence-corrected chi connectivity index (χ3v) is 9.18. The van der Waals surface area contributed by atoms with E-state index in [0.29, 0.717) is 36.7 Å². The Morgan fingerprint density at radius 1 is 0.792 bits per heavy atom. The average Bonchev–Trinajstić information content (AvgIpc) is 3.15. The minimum atomic E-state index is -0.556. The second-order valence-corrected chi connectivity index (χ2v) is 12.7. The first-order valence-corrected chi connectivity index (χ1v) is 17.3. The molecule has 0 aliphatic carbocycles. The quantitative estimate of drug-likeness (QED) is 0.0348. The lowest BCUT2D eigenvalue weighted by molar-refractivity contribution is -0.245. The van der Waals surface area contributed by atoms with Gasteiger partial charge in [-0.05, 0) is 52.8 Å². The highest BCUT2D eigenvalue weighted by Crippen LogP contribution is 2.39. The van der Waals surface area contributed by atoms with Gasteiger partial charge in [-0.3, -0.25) is 14.8 Å². The number of ether oxygens (including phenoxy) is 2. The first kappa shape index (κ1) is 35.2. The van der Waals surface area contributed by atoms with E-state index in [-0.39, 0.29) is 37.0 Å². The molecule has 0 unspecified atom stereocenters. The smallest absolute Gasteiger partial charge is 0.243 e. The van der Waals surface area contributed by atoms with Crippen molar-refractivity contribution in [1.82, 2.24) is 20.8 Å². The molecule has 48 heavy (non-hydrogen) atoms. The van der Waals surface area contributed by atoms with Crippen LogP contribution >= 0.6 is 11.8 Å². The van der Waals surface area contributed by atoms with Gasteiger partial charge in [0, 0.05) is 49.5 Å². The van der Waals surface area contributed by atoms with Gasteiger partial charge in [-0.15, -0.1) is 0 Å². The fourth-order valence-corrected chi connectivity index (χ4v) is 6.33. The lowest BCUT2D eigenvalue weighted by Crippen LogP contribution is -2.31. The molecule has 3 aromatic carbocycles. The average molecular weight is 671 g/mol. The molecule has 1 aliphatic rings. The number of hydrogen-bond acceptors (Lipinski definition) is 9. The molecule has 5 rings (SSSR count). The van der Waals surface area contributed by atoms with Gasteiger partial charge in [0.2, 0.25) is 11.8 Å². The van der Waals surface area contributed by atoms with Gasteiger partial charge in [-0.1, -0.05) is 91.3 Å². The van der Waals surface area contributed by atoms with Crippen LogP contribution in [0.5, 0.6) is 0 Å². The number of carbonyl (C=O) groups is 2. The Balaban J connectivity index is 1.18. The van der Waals surface area contributed by atoms with Crippen molar-refractivity contribution in [3.63, 3.8) is 0 Å². The normalized spacial score (nSPS) is 17.5. The predicted molar refractivity (Wildman–Crippen MR) is 183 cm³/mol. The van der Waals surface area contributed by atoms with E-state index in [9.17, 15) is 14.7 Å².